The van der Waals surface area contributed by atoms with E-state index in [0.717, 1.165) is 12.8 Å². The van der Waals surface area contributed by atoms with Crippen LogP contribution in [-0.4, -0.2) is 23.0 Å². The maximum Gasteiger partial charge on any atom is 0.263 e. The first kappa shape index (κ1) is 17.0. The Kier molecular flexibility index (Phi) is 4.99. The van der Waals surface area contributed by atoms with Crippen LogP contribution in [-0.2, 0) is 11.3 Å². The molecule has 128 valence electrons. The largest absolute Gasteiger partial charge is 0.481 e. The first-order chi connectivity index (χ1) is 12.1. The van der Waals surface area contributed by atoms with Gasteiger partial charge in [0.25, 0.3) is 5.91 Å². The highest BCUT2D eigenvalue weighted by atomic mass is 19.1. The number of hydrogen-bond donors (Lipinski definition) is 0. The standard InChI is InChI=1S/C20H19FN2O2/c1-14(25-18-10-6-15(12-22)7-11-18)20(24)23(17-8-9-17)13-16-4-2-3-5-19(16)21/h2-7,10-11,14,17H,8-9,13H2,1H3. The second-order valence-corrected chi connectivity index (χ2v) is 6.18. The number of carbonyl (C=O) groups is 1. The lowest BCUT2D eigenvalue weighted by molar-refractivity contribution is -0.139. The van der Waals surface area contributed by atoms with Gasteiger partial charge in [0.2, 0.25) is 0 Å². The van der Waals surface area contributed by atoms with Gasteiger partial charge in [0.15, 0.2) is 6.10 Å². The average molecular weight is 338 g/mol. The summed E-state index contributed by atoms with van der Waals surface area (Å²) in [5, 5.41) is 8.82. The molecule has 1 amide bonds. The molecule has 0 bridgehead atoms. The fourth-order valence-electron chi connectivity index (χ4n) is 2.68. The molecule has 5 heteroatoms. The minimum atomic E-state index is -0.680. The van der Waals surface area contributed by atoms with Gasteiger partial charge in [-0.25, -0.2) is 4.39 Å². The molecule has 25 heavy (non-hydrogen) atoms. The van der Waals surface area contributed by atoms with E-state index >= 15 is 0 Å². The van der Waals surface area contributed by atoms with Crippen molar-refractivity contribution >= 4 is 5.91 Å². The molecule has 0 heterocycles. The smallest absolute Gasteiger partial charge is 0.263 e. The van der Waals surface area contributed by atoms with Crippen LogP contribution in [0.15, 0.2) is 48.5 Å². The zero-order chi connectivity index (χ0) is 17.8. The third-order valence-electron chi connectivity index (χ3n) is 4.21. The topological polar surface area (TPSA) is 53.3 Å². The molecule has 2 aromatic carbocycles. The number of halogens is 1. The zero-order valence-electron chi connectivity index (χ0n) is 14.0. The van der Waals surface area contributed by atoms with Crippen LogP contribution in [0, 0.1) is 17.1 Å². The highest BCUT2D eigenvalue weighted by Gasteiger charge is 2.35. The number of ether oxygens (including phenoxy) is 1. The van der Waals surface area contributed by atoms with Crippen LogP contribution in [0.1, 0.15) is 30.9 Å². The Morgan fingerprint density at radius 1 is 1.28 bits per heavy atom. The molecule has 3 rings (SSSR count). The van der Waals surface area contributed by atoms with E-state index in [0.29, 0.717) is 16.9 Å². The molecular weight excluding hydrogens is 319 g/mol. The van der Waals surface area contributed by atoms with E-state index in [1.807, 2.05) is 6.07 Å². The molecule has 0 aliphatic heterocycles. The average Bonchev–Trinajstić information content (AvgIpc) is 3.46. The van der Waals surface area contributed by atoms with E-state index in [1.165, 1.54) is 6.07 Å². The quantitative estimate of drug-likeness (QED) is 0.808. The second-order valence-electron chi connectivity index (χ2n) is 6.18. The molecule has 1 aliphatic carbocycles. The summed E-state index contributed by atoms with van der Waals surface area (Å²) in [6, 6.07) is 15.3. The van der Waals surface area contributed by atoms with Gasteiger partial charge in [-0.2, -0.15) is 5.26 Å². The fourth-order valence-corrected chi connectivity index (χ4v) is 2.68. The molecular formula is C20H19FN2O2. The van der Waals surface area contributed by atoms with E-state index in [1.54, 1.807) is 54.3 Å². The third-order valence-corrected chi connectivity index (χ3v) is 4.21. The Hall–Kier alpha value is -2.87. The zero-order valence-corrected chi connectivity index (χ0v) is 14.0. The van der Waals surface area contributed by atoms with Crippen molar-refractivity contribution in [1.29, 1.82) is 5.26 Å². The Bertz CT molecular complexity index is 794. The van der Waals surface area contributed by atoms with Crippen LogP contribution in [0.3, 0.4) is 0 Å². The molecule has 0 spiro atoms. The predicted octanol–water partition coefficient (Wildman–Crippen LogP) is 3.66. The van der Waals surface area contributed by atoms with E-state index in [4.69, 9.17) is 10.00 Å². The highest BCUT2D eigenvalue weighted by molar-refractivity contribution is 5.81. The van der Waals surface area contributed by atoms with E-state index in [2.05, 4.69) is 0 Å². The Balaban J connectivity index is 1.69. The third kappa shape index (κ3) is 4.16. The maximum atomic E-state index is 13.9. The lowest BCUT2D eigenvalue weighted by Gasteiger charge is -2.26. The van der Waals surface area contributed by atoms with Gasteiger partial charge in [-0.1, -0.05) is 18.2 Å². The monoisotopic (exact) mass is 338 g/mol. The summed E-state index contributed by atoms with van der Waals surface area (Å²) in [6.07, 6.45) is 1.19. The van der Waals surface area contributed by atoms with Crippen molar-refractivity contribution in [2.24, 2.45) is 0 Å². The number of nitriles is 1. The van der Waals surface area contributed by atoms with E-state index in [9.17, 15) is 9.18 Å². The molecule has 0 aromatic heterocycles. The number of hydrogen-bond acceptors (Lipinski definition) is 3. The minimum absolute atomic E-state index is 0.152. The van der Waals surface area contributed by atoms with Gasteiger partial charge in [0, 0.05) is 18.2 Å². The van der Waals surface area contributed by atoms with Gasteiger partial charge < -0.3 is 9.64 Å². The Labute approximate surface area is 146 Å². The van der Waals surface area contributed by atoms with Crippen molar-refractivity contribution in [1.82, 2.24) is 4.90 Å². The van der Waals surface area contributed by atoms with Crippen molar-refractivity contribution in [2.45, 2.75) is 38.5 Å². The Morgan fingerprint density at radius 3 is 2.56 bits per heavy atom. The molecule has 4 nitrogen and oxygen atoms in total. The first-order valence-corrected chi connectivity index (χ1v) is 8.29. The van der Waals surface area contributed by atoms with Gasteiger partial charge in [-0.3, -0.25) is 4.79 Å². The van der Waals surface area contributed by atoms with Gasteiger partial charge in [0.1, 0.15) is 11.6 Å². The highest BCUT2D eigenvalue weighted by Crippen LogP contribution is 2.30. The molecule has 2 aromatic rings. The summed E-state index contributed by atoms with van der Waals surface area (Å²) >= 11 is 0. The molecule has 1 saturated carbocycles. The SMILES string of the molecule is CC(Oc1ccc(C#N)cc1)C(=O)N(Cc1ccccc1F)C1CC1. The molecule has 0 saturated heterocycles. The second kappa shape index (κ2) is 7.35. The molecule has 1 atom stereocenters. The van der Waals surface area contributed by atoms with Gasteiger partial charge in [-0.05, 0) is 50.1 Å². The normalized spacial score (nSPS) is 14.4. The summed E-state index contributed by atoms with van der Waals surface area (Å²) in [4.78, 5) is 14.5. The van der Waals surface area contributed by atoms with Crippen molar-refractivity contribution in [3.05, 3.63) is 65.5 Å². The van der Waals surface area contributed by atoms with E-state index < -0.39 is 6.10 Å². The predicted molar refractivity (Wildman–Crippen MR) is 91.2 cm³/mol. The first-order valence-electron chi connectivity index (χ1n) is 8.29. The van der Waals surface area contributed by atoms with Crippen LogP contribution in [0.5, 0.6) is 5.75 Å². The minimum Gasteiger partial charge on any atom is -0.481 e. The van der Waals surface area contributed by atoms with Crippen LogP contribution in [0.4, 0.5) is 4.39 Å². The van der Waals surface area contributed by atoms with Crippen molar-refractivity contribution in [3.8, 4) is 11.8 Å². The van der Waals surface area contributed by atoms with Crippen molar-refractivity contribution < 1.29 is 13.9 Å². The molecule has 1 fully saturated rings. The lowest BCUT2D eigenvalue weighted by Crippen LogP contribution is -2.41. The van der Waals surface area contributed by atoms with Gasteiger partial charge >= 0.3 is 0 Å². The summed E-state index contributed by atoms with van der Waals surface area (Å²) in [7, 11) is 0. The number of carbonyl (C=O) groups excluding carboxylic acids is 1. The maximum absolute atomic E-state index is 13.9. The molecule has 1 aliphatic rings. The Morgan fingerprint density at radius 2 is 1.96 bits per heavy atom. The van der Waals surface area contributed by atoms with E-state index in [-0.39, 0.29) is 24.3 Å². The molecule has 0 radical (unpaired) electrons. The van der Waals surface area contributed by atoms with Crippen LogP contribution >= 0.6 is 0 Å². The summed E-state index contributed by atoms with van der Waals surface area (Å²) < 4.78 is 19.6. The molecule has 1 unspecified atom stereocenters. The molecule has 0 N–H and O–H groups in total. The van der Waals surface area contributed by atoms with Crippen LogP contribution in [0.2, 0.25) is 0 Å². The number of benzene rings is 2. The summed E-state index contributed by atoms with van der Waals surface area (Å²) in [5.41, 5.74) is 1.04. The van der Waals surface area contributed by atoms with Gasteiger partial charge in [0.05, 0.1) is 11.6 Å². The fraction of sp³-hybridized carbons (Fsp3) is 0.300. The van der Waals surface area contributed by atoms with Crippen molar-refractivity contribution in [2.75, 3.05) is 0 Å². The summed E-state index contributed by atoms with van der Waals surface area (Å²) in [5.74, 6) is 0.0678. The number of nitrogens with zero attached hydrogens (tertiary/aromatic N) is 2. The van der Waals surface area contributed by atoms with Crippen molar-refractivity contribution in [3.63, 3.8) is 0 Å². The van der Waals surface area contributed by atoms with Crippen LogP contribution < -0.4 is 4.74 Å². The number of rotatable bonds is 6. The lowest BCUT2D eigenvalue weighted by atomic mass is 10.2. The van der Waals surface area contributed by atoms with Gasteiger partial charge in [-0.15, -0.1) is 0 Å². The summed E-state index contributed by atoms with van der Waals surface area (Å²) in [6.45, 7) is 1.94. The van der Waals surface area contributed by atoms with Crippen LogP contribution in [0.25, 0.3) is 0 Å². The number of amides is 1.